The lowest BCUT2D eigenvalue weighted by Gasteiger charge is -2.17. The van der Waals surface area contributed by atoms with Crippen molar-refractivity contribution in [3.63, 3.8) is 0 Å². The molecule has 0 aliphatic heterocycles. The Balaban J connectivity index is 1.77. The molecule has 6 nitrogen and oxygen atoms in total. The Bertz CT molecular complexity index is 979. The molecule has 0 fully saturated rings. The van der Waals surface area contributed by atoms with E-state index in [2.05, 4.69) is 10.1 Å². The van der Waals surface area contributed by atoms with E-state index in [-0.39, 0.29) is 12.5 Å². The summed E-state index contributed by atoms with van der Waals surface area (Å²) in [6.45, 7) is 6.23. The molecule has 3 aromatic rings. The first kappa shape index (κ1) is 18.6. The normalized spacial score (nSPS) is 10.7. The van der Waals surface area contributed by atoms with Gasteiger partial charge in [-0.05, 0) is 55.7 Å². The molecule has 0 saturated carbocycles. The number of rotatable bonds is 5. The van der Waals surface area contributed by atoms with Crippen LogP contribution in [-0.2, 0) is 6.54 Å². The summed E-state index contributed by atoms with van der Waals surface area (Å²) in [5.41, 5.74) is 4.70. The molecule has 140 valence electrons. The first-order chi connectivity index (χ1) is 12.9. The van der Waals surface area contributed by atoms with E-state index in [1.165, 1.54) is 5.56 Å². The summed E-state index contributed by atoms with van der Waals surface area (Å²) in [5.74, 6) is 1.49. The molecule has 2 aromatic carbocycles. The van der Waals surface area contributed by atoms with Gasteiger partial charge in [-0.3, -0.25) is 4.79 Å². The summed E-state index contributed by atoms with van der Waals surface area (Å²) < 4.78 is 10.5. The highest BCUT2D eigenvalue weighted by atomic mass is 16.5. The van der Waals surface area contributed by atoms with Gasteiger partial charge >= 0.3 is 0 Å². The topological polar surface area (TPSA) is 68.5 Å². The molecule has 3 rings (SSSR count). The fourth-order valence-corrected chi connectivity index (χ4v) is 2.87. The molecule has 0 unspecified atom stereocenters. The van der Waals surface area contributed by atoms with Gasteiger partial charge in [0.15, 0.2) is 0 Å². The largest absolute Gasteiger partial charge is 0.497 e. The van der Waals surface area contributed by atoms with E-state index in [0.29, 0.717) is 17.3 Å². The third-order valence-electron chi connectivity index (χ3n) is 4.59. The van der Waals surface area contributed by atoms with Gasteiger partial charge in [0, 0.05) is 18.2 Å². The van der Waals surface area contributed by atoms with Crippen LogP contribution >= 0.6 is 0 Å². The number of carbonyl (C=O) groups excluding carboxylic acids is 1. The van der Waals surface area contributed by atoms with Crippen LogP contribution in [0.1, 0.15) is 32.9 Å². The maximum absolute atomic E-state index is 12.8. The Morgan fingerprint density at radius 3 is 2.59 bits per heavy atom. The Morgan fingerprint density at radius 1 is 1.11 bits per heavy atom. The van der Waals surface area contributed by atoms with Gasteiger partial charge in [0.05, 0.1) is 13.7 Å². The van der Waals surface area contributed by atoms with Crippen molar-refractivity contribution in [2.24, 2.45) is 0 Å². The smallest absolute Gasteiger partial charge is 0.254 e. The van der Waals surface area contributed by atoms with E-state index < -0.39 is 0 Å². The highest BCUT2D eigenvalue weighted by Gasteiger charge is 2.18. The van der Waals surface area contributed by atoms with Crippen molar-refractivity contribution in [1.82, 2.24) is 15.0 Å². The van der Waals surface area contributed by atoms with Crippen molar-refractivity contribution in [2.75, 3.05) is 14.2 Å². The van der Waals surface area contributed by atoms with E-state index >= 15 is 0 Å². The average Bonchev–Trinajstić information content (AvgIpc) is 3.12. The van der Waals surface area contributed by atoms with Gasteiger partial charge in [-0.1, -0.05) is 23.4 Å². The third kappa shape index (κ3) is 4.00. The molecule has 1 aromatic heterocycles. The number of methoxy groups -OCH3 is 1. The molecule has 27 heavy (non-hydrogen) atoms. The van der Waals surface area contributed by atoms with Gasteiger partial charge in [0.25, 0.3) is 5.91 Å². The maximum Gasteiger partial charge on any atom is 0.254 e. The van der Waals surface area contributed by atoms with Crippen LogP contribution in [0.3, 0.4) is 0 Å². The fraction of sp³-hybridized carbons (Fsp3) is 0.286. The van der Waals surface area contributed by atoms with Crippen LogP contribution in [0.25, 0.3) is 11.4 Å². The predicted molar refractivity (Wildman–Crippen MR) is 103 cm³/mol. The first-order valence-corrected chi connectivity index (χ1v) is 8.69. The number of aryl methyl sites for hydroxylation is 3. The van der Waals surface area contributed by atoms with Gasteiger partial charge in [0.1, 0.15) is 5.75 Å². The van der Waals surface area contributed by atoms with Gasteiger partial charge in [-0.2, -0.15) is 4.98 Å². The van der Waals surface area contributed by atoms with Crippen molar-refractivity contribution in [2.45, 2.75) is 27.3 Å². The molecule has 1 heterocycles. The minimum absolute atomic E-state index is 0.0725. The fourth-order valence-electron chi connectivity index (χ4n) is 2.87. The highest BCUT2D eigenvalue weighted by Crippen LogP contribution is 2.22. The standard InChI is InChI=1S/C21H23N3O3/c1-13-9-15(3)18(10-14(13)2)21(25)24(4)12-19-22-20(23-27-19)16-7-6-8-17(11-16)26-5/h6-11H,12H2,1-5H3. The number of amides is 1. The van der Waals surface area contributed by atoms with Crippen LogP contribution < -0.4 is 4.74 Å². The molecule has 6 heteroatoms. The number of hydrogen-bond donors (Lipinski definition) is 0. The second-order valence-electron chi connectivity index (χ2n) is 6.66. The predicted octanol–water partition coefficient (Wildman–Crippen LogP) is 3.94. The summed E-state index contributed by atoms with van der Waals surface area (Å²) in [7, 11) is 3.34. The van der Waals surface area contributed by atoms with Crippen LogP contribution in [0.15, 0.2) is 40.9 Å². The molecule has 0 radical (unpaired) electrons. The third-order valence-corrected chi connectivity index (χ3v) is 4.59. The van der Waals surface area contributed by atoms with Crippen molar-refractivity contribution >= 4 is 5.91 Å². The molecule has 0 N–H and O–H groups in total. The average molecular weight is 365 g/mol. The van der Waals surface area contributed by atoms with Crippen LogP contribution in [0, 0.1) is 20.8 Å². The monoisotopic (exact) mass is 365 g/mol. The lowest BCUT2D eigenvalue weighted by atomic mass is 10.00. The van der Waals surface area contributed by atoms with Gasteiger partial charge in [-0.15, -0.1) is 0 Å². The SMILES string of the molecule is COc1cccc(-c2noc(CN(C)C(=O)c3cc(C)c(C)cc3C)n2)c1. The Kier molecular flexibility index (Phi) is 5.26. The number of hydrogen-bond acceptors (Lipinski definition) is 5. The van der Waals surface area contributed by atoms with E-state index in [1.54, 1.807) is 19.1 Å². The van der Waals surface area contributed by atoms with Crippen molar-refractivity contribution in [3.8, 4) is 17.1 Å². The summed E-state index contributed by atoms with van der Waals surface area (Å²) in [6, 6.07) is 11.4. The number of ether oxygens (including phenoxy) is 1. The van der Waals surface area contributed by atoms with Gasteiger partial charge in [0.2, 0.25) is 11.7 Å². The lowest BCUT2D eigenvalue weighted by Crippen LogP contribution is -2.27. The van der Waals surface area contributed by atoms with E-state index in [4.69, 9.17) is 9.26 Å². The second-order valence-corrected chi connectivity index (χ2v) is 6.66. The lowest BCUT2D eigenvalue weighted by molar-refractivity contribution is 0.0768. The number of nitrogens with zero attached hydrogens (tertiary/aromatic N) is 3. The van der Waals surface area contributed by atoms with E-state index in [1.807, 2.05) is 57.2 Å². The maximum atomic E-state index is 12.8. The minimum Gasteiger partial charge on any atom is -0.497 e. The first-order valence-electron chi connectivity index (χ1n) is 8.69. The molecule has 0 aliphatic rings. The van der Waals surface area contributed by atoms with Crippen molar-refractivity contribution in [1.29, 1.82) is 0 Å². The van der Waals surface area contributed by atoms with Gasteiger partial charge in [-0.25, -0.2) is 0 Å². The molecule has 0 atom stereocenters. The quantitative estimate of drug-likeness (QED) is 0.685. The Labute approximate surface area is 158 Å². The van der Waals surface area contributed by atoms with Crippen molar-refractivity contribution < 1.29 is 14.1 Å². The molecule has 1 amide bonds. The number of benzene rings is 2. The van der Waals surface area contributed by atoms with Crippen LogP contribution in [0.4, 0.5) is 0 Å². The van der Waals surface area contributed by atoms with Crippen LogP contribution in [0.2, 0.25) is 0 Å². The molecular formula is C21H23N3O3. The van der Waals surface area contributed by atoms with Crippen LogP contribution in [0.5, 0.6) is 5.75 Å². The summed E-state index contributed by atoms with van der Waals surface area (Å²) >= 11 is 0. The zero-order valence-corrected chi connectivity index (χ0v) is 16.2. The zero-order chi connectivity index (χ0) is 19.6. The molecule has 0 bridgehead atoms. The summed E-state index contributed by atoms with van der Waals surface area (Å²) in [6.07, 6.45) is 0. The van der Waals surface area contributed by atoms with E-state index in [9.17, 15) is 4.79 Å². The minimum atomic E-state index is -0.0725. The van der Waals surface area contributed by atoms with Crippen molar-refractivity contribution in [3.05, 3.63) is 64.5 Å². The summed E-state index contributed by atoms with van der Waals surface area (Å²) in [5, 5.41) is 4.01. The van der Waals surface area contributed by atoms with Crippen LogP contribution in [-0.4, -0.2) is 35.1 Å². The Morgan fingerprint density at radius 2 is 1.85 bits per heavy atom. The Hall–Kier alpha value is -3.15. The second kappa shape index (κ2) is 7.61. The number of carbonyl (C=O) groups is 1. The number of aromatic nitrogens is 2. The molecule has 0 aliphatic carbocycles. The molecular weight excluding hydrogens is 342 g/mol. The van der Waals surface area contributed by atoms with E-state index in [0.717, 1.165) is 22.4 Å². The highest BCUT2D eigenvalue weighted by molar-refractivity contribution is 5.95. The molecule has 0 saturated heterocycles. The summed E-state index contributed by atoms with van der Waals surface area (Å²) in [4.78, 5) is 18.8. The van der Waals surface area contributed by atoms with Gasteiger partial charge < -0.3 is 14.2 Å². The molecule has 0 spiro atoms. The zero-order valence-electron chi connectivity index (χ0n) is 16.2.